The molecule has 2 aliphatic heterocycles. The molecule has 1 spiro atoms. The van der Waals surface area contributed by atoms with Crippen molar-refractivity contribution in [2.75, 3.05) is 26.3 Å². The Bertz CT molecular complexity index is 471. The molecule has 1 atom stereocenters. The number of ether oxygens (including phenoxy) is 1. The molecule has 5 heteroatoms. The molecule has 0 radical (unpaired) electrons. The molecule has 2 fully saturated rings. The Morgan fingerprint density at radius 1 is 1.30 bits per heavy atom. The molecule has 20 heavy (non-hydrogen) atoms. The first-order valence-electron chi connectivity index (χ1n) is 7.34. The molecule has 1 amide bonds. The van der Waals surface area contributed by atoms with Gasteiger partial charge in [0, 0.05) is 38.7 Å². The molecule has 1 unspecified atom stereocenters. The molecular formula is C15H21N3O2. The summed E-state index contributed by atoms with van der Waals surface area (Å²) >= 11 is 0. The fourth-order valence-corrected chi connectivity index (χ4v) is 3.25. The van der Waals surface area contributed by atoms with Gasteiger partial charge in [0.15, 0.2) is 0 Å². The highest BCUT2D eigenvalue weighted by Gasteiger charge is 2.42. The zero-order valence-corrected chi connectivity index (χ0v) is 11.9. The van der Waals surface area contributed by atoms with Gasteiger partial charge in [-0.25, -0.2) is 9.97 Å². The first-order valence-corrected chi connectivity index (χ1v) is 7.34. The summed E-state index contributed by atoms with van der Waals surface area (Å²) in [4.78, 5) is 23.0. The molecule has 0 N–H and O–H groups in total. The first kappa shape index (κ1) is 13.5. The molecule has 0 aromatic carbocycles. The van der Waals surface area contributed by atoms with Gasteiger partial charge in [0.05, 0.1) is 5.92 Å². The lowest BCUT2D eigenvalue weighted by atomic mass is 9.80. The minimum absolute atomic E-state index is 0.152. The van der Waals surface area contributed by atoms with Crippen molar-refractivity contribution in [3.8, 4) is 0 Å². The fourth-order valence-electron chi connectivity index (χ4n) is 3.25. The van der Waals surface area contributed by atoms with Gasteiger partial charge in [0.1, 0.15) is 5.82 Å². The van der Waals surface area contributed by atoms with Gasteiger partial charge in [0.2, 0.25) is 5.91 Å². The van der Waals surface area contributed by atoms with Crippen LogP contribution in [0.4, 0.5) is 0 Å². The number of amides is 1. The summed E-state index contributed by atoms with van der Waals surface area (Å²) in [6, 6.07) is 1.77. The Kier molecular flexibility index (Phi) is 3.70. The van der Waals surface area contributed by atoms with E-state index in [-0.39, 0.29) is 11.8 Å². The summed E-state index contributed by atoms with van der Waals surface area (Å²) in [5.41, 5.74) is 0.297. The number of aromatic nitrogens is 2. The minimum atomic E-state index is -0.258. The monoisotopic (exact) mass is 275 g/mol. The van der Waals surface area contributed by atoms with Crippen molar-refractivity contribution in [1.82, 2.24) is 14.9 Å². The highest BCUT2D eigenvalue weighted by Crippen LogP contribution is 2.40. The average molecular weight is 275 g/mol. The predicted molar refractivity (Wildman–Crippen MR) is 74.1 cm³/mol. The normalized spacial score (nSPS) is 22.9. The van der Waals surface area contributed by atoms with Crippen molar-refractivity contribution in [2.24, 2.45) is 5.41 Å². The second-order valence-corrected chi connectivity index (χ2v) is 5.95. The van der Waals surface area contributed by atoms with Crippen LogP contribution < -0.4 is 0 Å². The highest BCUT2D eigenvalue weighted by molar-refractivity contribution is 5.82. The first-order chi connectivity index (χ1) is 9.70. The molecule has 108 valence electrons. The van der Waals surface area contributed by atoms with Crippen LogP contribution in [0.2, 0.25) is 0 Å². The van der Waals surface area contributed by atoms with E-state index in [1.165, 1.54) is 0 Å². The van der Waals surface area contributed by atoms with Gasteiger partial charge in [-0.05, 0) is 37.7 Å². The van der Waals surface area contributed by atoms with Crippen LogP contribution in [0.25, 0.3) is 0 Å². The third-order valence-electron chi connectivity index (χ3n) is 4.65. The zero-order chi connectivity index (χ0) is 14.0. The van der Waals surface area contributed by atoms with Crippen molar-refractivity contribution in [3.63, 3.8) is 0 Å². The van der Waals surface area contributed by atoms with E-state index < -0.39 is 0 Å². The summed E-state index contributed by atoms with van der Waals surface area (Å²) in [6.07, 6.45) is 6.64. The molecular weight excluding hydrogens is 254 g/mol. The van der Waals surface area contributed by atoms with Gasteiger partial charge < -0.3 is 9.64 Å². The van der Waals surface area contributed by atoms with Gasteiger partial charge >= 0.3 is 0 Å². The lowest BCUT2D eigenvalue weighted by Crippen LogP contribution is -2.37. The van der Waals surface area contributed by atoms with E-state index in [4.69, 9.17) is 4.74 Å². The fraction of sp³-hybridized carbons (Fsp3) is 0.667. The van der Waals surface area contributed by atoms with Gasteiger partial charge in [-0.3, -0.25) is 4.79 Å². The second kappa shape index (κ2) is 5.48. The van der Waals surface area contributed by atoms with E-state index in [0.717, 1.165) is 45.6 Å². The number of carbonyl (C=O) groups is 1. The standard InChI is InChI=1S/C15H21N3O2/c1-12(13-16-6-2-7-17-13)14(19)18-8-3-15(11-18)4-9-20-10-5-15/h2,6-7,12H,3-5,8-11H2,1H3. The largest absolute Gasteiger partial charge is 0.381 e. The van der Waals surface area contributed by atoms with Crippen molar-refractivity contribution < 1.29 is 9.53 Å². The molecule has 0 aliphatic carbocycles. The van der Waals surface area contributed by atoms with Crippen LogP contribution in [0.5, 0.6) is 0 Å². The quantitative estimate of drug-likeness (QED) is 0.823. The average Bonchev–Trinajstić information content (AvgIpc) is 2.91. The molecule has 2 saturated heterocycles. The topological polar surface area (TPSA) is 55.3 Å². The Labute approximate surface area is 119 Å². The van der Waals surface area contributed by atoms with E-state index >= 15 is 0 Å². The van der Waals surface area contributed by atoms with Crippen LogP contribution >= 0.6 is 0 Å². The molecule has 2 aliphatic rings. The molecule has 1 aromatic heterocycles. The maximum absolute atomic E-state index is 12.6. The van der Waals surface area contributed by atoms with Gasteiger partial charge in [-0.2, -0.15) is 0 Å². The zero-order valence-electron chi connectivity index (χ0n) is 11.9. The molecule has 3 rings (SSSR count). The number of hydrogen-bond donors (Lipinski definition) is 0. The second-order valence-electron chi connectivity index (χ2n) is 5.95. The molecule has 5 nitrogen and oxygen atoms in total. The van der Waals surface area contributed by atoms with Crippen LogP contribution in [0, 0.1) is 5.41 Å². The van der Waals surface area contributed by atoms with Crippen molar-refractivity contribution in [2.45, 2.75) is 32.1 Å². The number of likely N-dealkylation sites (tertiary alicyclic amines) is 1. The highest BCUT2D eigenvalue weighted by atomic mass is 16.5. The van der Waals surface area contributed by atoms with Crippen molar-refractivity contribution >= 4 is 5.91 Å². The summed E-state index contributed by atoms with van der Waals surface area (Å²) in [7, 11) is 0. The number of hydrogen-bond acceptors (Lipinski definition) is 4. The van der Waals surface area contributed by atoms with E-state index in [0.29, 0.717) is 11.2 Å². The molecule has 0 bridgehead atoms. The Morgan fingerprint density at radius 2 is 2.00 bits per heavy atom. The third-order valence-corrected chi connectivity index (χ3v) is 4.65. The lowest BCUT2D eigenvalue weighted by molar-refractivity contribution is -0.132. The van der Waals surface area contributed by atoms with Gasteiger partial charge in [-0.1, -0.05) is 0 Å². The maximum atomic E-state index is 12.6. The van der Waals surface area contributed by atoms with Gasteiger partial charge in [-0.15, -0.1) is 0 Å². The summed E-state index contributed by atoms with van der Waals surface area (Å²) in [5.74, 6) is 0.510. The van der Waals surface area contributed by atoms with Crippen LogP contribution in [0.1, 0.15) is 37.9 Å². The number of rotatable bonds is 2. The summed E-state index contributed by atoms with van der Waals surface area (Å²) < 4.78 is 5.45. The van der Waals surface area contributed by atoms with E-state index in [1.807, 2.05) is 11.8 Å². The van der Waals surface area contributed by atoms with Crippen molar-refractivity contribution in [1.29, 1.82) is 0 Å². The smallest absolute Gasteiger partial charge is 0.233 e. The number of carbonyl (C=O) groups excluding carboxylic acids is 1. The number of nitrogens with zero attached hydrogens (tertiary/aromatic N) is 3. The van der Waals surface area contributed by atoms with Gasteiger partial charge in [0.25, 0.3) is 0 Å². The molecule has 0 saturated carbocycles. The van der Waals surface area contributed by atoms with E-state index in [1.54, 1.807) is 18.5 Å². The minimum Gasteiger partial charge on any atom is -0.381 e. The Balaban J connectivity index is 1.66. The van der Waals surface area contributed by atoms with Crippen LogP contribution in [0.3, 0.4) is 0 Å². The maximum Gasteiger partial charge on any atom is 0.233 e. The Hall–Kier alpha value is -1.49. The Morgan fingerprint density at radius 3 is 2.70 bits per heavy atom. The van der Waals surface area contributed by atoms with Crippen LogP contribution in [-0.2, 0) is 9.53 Å². The van der Waals surface area contributed by atoms with Crippen LogP contribution in [-0.4, -0.2) is 47.1 Å². The predicted octanol–water partition coefficient (Wildman–Crippen LogP) is 1.61. The third kappa shape index (κ3) is 2.54. The lowest BCUT2D eigenvalue weighted by Gasteiger charge is -2.33. The SMILES string of the molecule is CC(C(=O)N1CCC2(CCOCC2)C1)c1ncccn1. The van der Waals surface area contributed by atoms with E-state index in [9.17, 15) is 4.79 Å². The summed E-state index contributed by atoms with van der Waals surface area (Å²) in [5, 5.41) is 0. The summed E-state index contributed by atoms with van der Waals surface area (Å²) in [6.45, 7) is 5.29. The van der Waals surface area contributed by atoms with E-state index in [2.05, 4.69) is 9.97 Å². The van der Waals surface area contributed by atoms with Crippen molar-refractivity contribution in [3.05, 3.63) is 24.3 Å². The molecule has 3 heterocycles. The van der Waals surface area contributed by atoms with Crippen LogP contribution in [0.15, 0.2) is 18.5 Å². The molecule has 1 aromatic rings.